The van der Waals surface area contributed by atoms with E-state index >= 15 is 0 Å². The number of aromatic carboxylic acids is 1. The lowest BCUT2D eigenvalue weighted by Gasteiger charge is -2.35. The van der Waals surface area contributed by atoms with Gasteiger partial charge in [-0.25, -0.2) is 9.79 Å². The Kier molecular flexibility index (Phi) is 6.59. The van der Waals surface area contributed by atoms with E-state index in [1.807, 2.05) is 47.4 Å². The van der Waals surface area contributed by atoms with Crippen LogP contribution in [-0.2, 0) is 4.79 Å². The molecule has 1 N–H and O–H groups in total. The molecule has 2 aliphatic rings. The molecule has 2 aromatic carbocycles. The summed E-state index contributed by atoms with van der Waals surface area (Å²) in [7, 11) is 0. The number of thioether (sulfide) groups is 1. The van der Waals surface area contributed by atoms with Crippen molar-refractivity contribution in [3.63, 3.8) is 0 Å². The fourth-order valence-electron chi connectivity index (χ4n) is 4.64. The summed E-state index contributed by atoms with van der Waals surface area (Å²) in [6.07, 6.45) is 6.17. The number of carbonyl (C=O) groups is 2. The third-order valence-corrected chi connectivity index (χ3v) is 7.52. The third-order valence-electron chi connectivity index (χ3n) is 6.53. The second-order valence-corrected chi connectivity index (χ2v) is 9.94. The zero-order valence-corrected chi connectivity index (χ0v) is 20.2. The largest absolute Gasteiger partial charge is 0.478 e. The number of carbonyl (C=O) groups excluding carboxylic acids is 1. The number of furan rings is 1. The fourth-order valence-corrected chi connectivity index (χ4v) is 5.67. The molecule has 1 aliphatic carbocycles. The Morgan fingerprint density at radius 1 is 1.06 bits per heavy atom. The van der Waals surface area contributed by atoms with Crippen molar-refractivity contribution in [3.05, 3.63) is 83.0 Å². The Morgan fingerprint density at radius 3 is 2.51 bits per heavy atom. The third kappa shape index (κ3) is 4.95. The summed E-state index contributed by atoms with van der Waals surface area (Å²) < 4.78 is 5.99. The van der Waals surface area contributed by atoms with Gasteiger partial charge in [0.2, 0.25) is 0 Å². The quantitative estimate of drug-likeness (QED) is 0.400. The molecule has 0 bridgehead atoms. The number of hydrogen-bond donors (Lipinski definition) is 1. The predicted molar refractivity (Wildman–Crippen MR) is 138 cm³/mol. The number of amidine groups is 1. The molecule has 3 aromatic rings. The van der Waals surface area contributed by atoms with Gasteiger partial charge in [-0.05, 0) is 66.9 Å². The van der Waals surface area contributed by atoms with Crippen LogP contribution >= 0.6 is 11.8 Å². The minimum Gasteiger partial charge on any atom is -0.478 e. The van der Waals surface area contributed by atoms with Gasteiger partial charge in [0, 0.05) is 17.7 Å². The summed E-state index contributed by atoms with van der Waals surface area (Å²) >= 11 is 1.38. The monoisotopic (exact) mass is 486 g/mol. The zero-order valence-electron chi connectivity index (χ0n) is 19.4. The van der Waals surface area contributed by atoms with Crippen LogP contribution in [0.5, 0.6) is 0 Å². The highest BCUT2D eigenvalue weighted by atomic mass is 32.2. The van der Waals surface area contributed by atoms with Crippen molar-refractivity contribution in [3.8, 4) is 11.3 Å². The van der Waals surface area contributed by atoms with Gasteiger partial charge in [-0.1, -0.05) is 50.1 Å². The van der Waals surface area contributed by atoms with Crippen LogP contribution in [0, 0.1) is 5.92 Å². The molecular weight excluding hydrogens is 460 g/mol. The lowest BCUT2D eigenvalue weighted by atomic mass is 9.85. The van der Waals surface area contributed by atoms with Crippen LogP contribution in [-0.4, -0.2) is 33.1 Å². The van der Waals surface area contributed by atoms with Crippen molar-refractivity contribution < 1.29 is 19.1 Å². The molecule has 1 aliphatic heterocycles. The molecule has 1 saturated carbocycles. The van der Waals surface area contributed by atoms with E-state index in [4.69, 9.17) is 14.5 Å². The van der Waals surface area contributed by atoms with Crippen LogP contribution in [0.4, 0.5) is 5.69 Å². The van der Waals surface area contributed by atoms with Crippen LogP contribution in [0.1, 0.15) is 48.7 Å². The molecule has 35 heavy (non-hydrogen) atoms. The van der Waals surface area contributed by atoms with Gasteiger partial charge in [0.25, 0.3) is 5.91 Å². The number of amides is 1. The van der Waals surface area contributed by atoms with E-state index < -0.39 is 5.97 Å². The van der Waals surface area contributed by atoms with Crippen molar-refractivity contribution in [1.82, 2.24) is 4.90 Å². The molecule has 2 atom stereocenters. The number of nitrogens with zero attached hydrogens (tertiary/aromatic N) is 2. The van der Waals surface area contributed by atoms with Crippen molar-refractivity contribution in [2.75, 3.05) is 0 Å². The average molecular weight is 487 g/mol. The summed E-state index contributed by atoms with van der Waals surface area (Å²) in [4.78, 5) is 32.0. The molecule has 7 heteroatoms. The number of hydrogen-bond acceptors (Lipinski definition) is 5. The van der Waals surface area contributed by atoms with E-state index in [0.29, 0.717) is 27.5 Å². The Labute approximate surface area is 208 Å². The number of aliphatic imine (C=N–C) groups is 1. The first-order valence-corrected chi connectivity index (χ1v) is 12.6. The lowest BCUT2D eigenvalue weighted by molar-refractivity contribution is -0.124. The van der Waals surface area contributed by atoms with E-state index in [9.17, 15) is 9.59 Å². The van der Waals surface area contributed by atoms with Crippen molar-refractivity contribution in [2.24, 2.45) is 10.9 Å². The molecular formula is C28H26N2O4S. The first-order valence-electron chi connectivity index (χ1n) is 11.8. The number of benzene rings is 2. The maximum atomic E-state index is 13.6. The Morgan fingerprint density at radius 2 is 1.80 bits per heavy atom. The molecule has 5 rings (SSSR count). The summed E-state index contributed by atoms with van der Waals surface area (Å²) in [5.74, 6) is 0.587. The SMILES string of the molecule is C[C@H]1CCCC[C@H]1N1C(=O)/C(=C/c2ccc(-c3ccc(C(=O)O)cc3)o2)SC1=Nc1ccccc1. The Hall–Kier alpha value is -3.58. The Balaban J connectivity index is 1.45. The van der Waals surface area contributed by atoms with E-state index in [-0.39, 0.29) is 17.5 Å². The van der Waals surface area contributed by atoms with E-state index in [2.05, 4.69) is 6.92 Å². The van der Waals surface area contributed by atoms with Crippen molar-refractivity contribution in [2.45, 2.75) is 38.6 Å². The average Bonchev–Trinajstić information content (AvgIpc) is 3.45. The molecule has 2 heterocycles. The minimum absolute atomic E-state index is 0.0350. The summed E-state index contributed by atoms with van der Waals surface area (Å²) in [5, 5.41) is 9.81. The van der Waals surface area contributed by atoms with Crippen LogP contribution in [0.25, 0.3) is 17.4 Å². The van der Waals surface area contributed by atoms with Crippen LogP contribution in [0.3, 0.4) is 0 Å². The zero-order chi connectivity index (χ0) is 24.4. The maximum Gasteiger partial charge on any atom is 0.335 e. The van der Waals surface area contributed by atoms with Crippen LogP contribution in [0.2, 0.25) is 0 Å². The highest BCUT2D eigenvalue weighted by Crippen LogP contribution is 2.40. The topological polar surface area (TPSA) is 83.1 Å². The van der Waals surface area contributed by atoms with Gasteiger partial charge < -0.3 is 9.52 Å². The van der Waals surface area contributed by atoms with Gasteiger partial charge in [0.15, 0.2) is 5.17 Å². The molecule has 0 unspecified atom stereocenters. The second kappa shape index (κ2) is 9.96. The normalized spacial score (nSPS) is 22.8. The maximum absolute atomic E-state index is 13.6. The molecule has 1 amide bonds. The summed E-state index contributed by atoms with van der Waals surface area (Å²) in [6.45, 7) is 2.22. The van der Waals surface area contributed by atoms with Gasteiger partial charge in [0.1, 0.15) is 11.5 Å². The first-order chi connectivity index (χ1) is 17.0. The highest BCUT2D eigenvalue weighted by molar-refractivity contribution is 8.18. The number of carboxylic acid groups (broad SMARTS) is 1. The van der Waals surface area contributed by atoms with E-state index in [1.165, 1.54) is 18.2 Å². The molecule has 0 spiro atoms. The highest BCUT2D eigenvalue weighted by Gasteiger charge is 2.41. The van der Waals surface area contributed by atoms with Crippen molar-refractivity contribution >= 4 is 40.6 Å². The fraction of sp³-hybridized carbons (Fsp3) is 0.250. The van der Waals surface area contributed by atoms with Crippen LogP contribution in [0.15, 0.2) is 81.0 Å². The smallest absolute Gasteiger partial charge is 0.335 e. The van der Waals surface area contributed by atoms with Gasteiger partial charge in [-0.2, -0.15) is 0 Å². The van der Waals surface area contributed by atoms with Gasteiger partial charge >= 0.3 is 5.97 Å². The molecule has 1 saturated heterocycles. The summed E-state index contributed by atoms with van der Waals surface area (Å²) in [5.41, 5.74) is 1.81. The molecule has 178 valence electrons. The van der Waals surface area contributed by atoms with Gasteiger partial charge in [0.05, 0.1) is 16.2 Å². The number of carboxylic acids is 1. The standard InChI is InChI=1S/C28H26N2O4S/c1-18-7-5-6-10-23(18)30-26(31)25(35-28(30)29-21-8-3-2-4-9-21)17-22-15-16-24(34-22)19-11-13-20(14-12-19)27(32)33/h2-4,8-9,11-18,23H,5-7,10H2,1H3,(H,32,33)/b25-17-,29-28?/t18-,23+/m0/s1. The number of para-hydroxylation sites is 1. The first kappa shape index (κ1) is 23.2. The molecule has 0 radical (unpaired) electrons. The Bertz CT molecular complexity index is 1290. The molecule has 6 nitrogen and oxygen atoms in total. The number of rotatable bonds is 5. The minimum atomic E-state index is -0.969. The second-order valence-electron chi connectivity index (χ2n) is 8.93. The van der Waals surface area contributed by atoms with E-state index in [0.717, 1.165) is 30.5 Å². The van der Waals surface area contributed by atoms with Crippen LogP contribution < -0.4 is 0 Å². The molecule has 2 fully saturated rings. The van der Waals surface area contributed by atoms with Gasteiger partial charge in [-0.3, -0.25) is 9.69 Å². The summed E-state index contributed by atoms with van der Waals surface area (Å²) in [6, 6.07) is 20.0. The van der Waals surface area contributed by atoms with Crippen molar-refractivity contribution in [1.29, 1.82) is 0 Å². The van der Waals surface area contributed by atoms with Gasteiger partial charge in [-0.15, -0.1) is 0 Å². The lowest BCUT2D eigenvalue weighted by Crippen LogP contribution is -2.44. The predicted octanol–water partition coefficient (Wildman–Crippen LogP) is 6.83. The molecule has 1 aromatic heterocycles. The van der Waals surface area contributed by atoms with E-state index in [1.54, 1.807) is 30.3 Å².